The van der Waals surface area contributed by atoms with Crippen molar-refractivity contribution in [2.45, 2.75) is 25.8 Å². The van der Waals surface area contributed by atoms with Crippen molar-refractivity contribution in [2.75, 3.05) is 16.8 Å². The molecule has 0 unspecified atom stereocenters. The summed E-state index contributed by atoms with van der Waals surface area (Å²) in [6.07, 6.45) is 3.03. The number of hydrogen-bond acceptors (Lipinski definition) is 2. The number of hydrogen-bond donors (Lipinski definition) is 2. The first-order valence-corrected chi connectivity index (χ1v) is 11.2. The molecule has 0 aromatic heterocycles. The molecule has 1 heterocycles. The summed E-state index contributed by atoms with van der Waals surface area (Å²) in [4.78, 5) is 27.2. The minimum absolute atomic E-state index is 0.152. The van der Waals surface area contributed by atoms with Crippen LogP contribution in [-0.2, 0) is 13.0 Å². The van der Waals surface area contributed by atoms with Crippen LogP contribution in [-0.4, -0.2) is 18.5 Å². The molecule has 3 amide bonds. The molecule has 31 heavy (non-hydrogen) atoms. The summed E-state index contributed by atoms with van der Waals surface area (Å²) in [6, 6.07) is 22.7. The van der Waals surface area contributed by atoms with Gasteiger partial charge in [0.15, 0.2) is 0 Å². The largest absolute Gasteiger partial charge is 0.348 e. The van der Waals surface area contributed by atoms with E-state index < -0.39 is 0 Å². The molecule has 3 aromatic carbocycles. The van der Waals surface area contributed by atoms with Crippen LogP contribution in [0, 0.1) is 0 Å². The second kappa shape index (κ2) is 9.79. The van der Waals surface area contributed by atoms with Crippen molar-refractivity contribution in [3.63, 3.8) is 0 Å². The number of aryl methyl sites for hydroxylation is 1. The van der Waals surface area contributed by atoms with Crippen molar-refractivity contribution < 1.29 is 9.59 Å². The van der Waals surface area contributed by atoms with Gasteiger partial charge in [-0.05, 0) is 66.8 Å². The third-order valence-electron chi connectivity index (χ3n) is 5.40. The number of carbonyl (C=O) groups excluding carboxylic acids is 2. The Bertz CT molecular complexity index is 1080. The molecule has 1 aliphatic heterocycles. The molecule has 1 aliphatic rings. The molecular weight excluding hydrogens is 454 g/mol. The zero-order chi connectivity index (χ0) is 21.6. The van der Waals surface area contributed by atoms with Gasteiger partial charge in [0.2, 0.25) is 0 Å². The molecule has 6 heteroatoms. The fourth-order valence-electron chi connectivity index (χ4n) is 3.72. The second-order valence-electron chi connectivity index (χ2n) is 7.52. The van der Waals surface area contributed by atoms with Gasteiger partial charge in [0, 0.05) is 34.5 Å². The van der Waals surface area contributed by atoms with Crippen molar-refractivity contribution >= 4 is 39.2 Å². The van der Waals surface area contributed by atoms with E-state index >= 15 is 0 Å². The molecule has 158 valence electrons. The SMILES string of the molecule is O=C(NCc1ccccc1Br)c1ccc(NC(=O)N2CCCCc3ccccc32)cc1. The van der Waals surface area contributed by atoms with Gasteiger partial charge < -0.3 is 10.6 Å². The van der Waals surface area contributed by atoms with Gasteiger partial charge in [-0.25, -0.2) is 4.79 Å². The predicted octanol–water partition coefficient (Wildman–Crippen LogP) is 5.75. The van der Waals surface area contributed by atoms with Crippen molar-refractivity contribution in [2.24, 2.45) is 0 Å². The fourth-order valence-corrected chi connectivity index (χ4v) is 4.14. The second-order valence-corrected chi connectivity index (χ2v) is 8.37. The van der Waals surface area contributed by atoms with E-state index in [1.807, 2.05) is 42.5 Å². The first kappa shape index (κ1) is 21.1. The number of halogens is 1. The number of rotatable bonds is 4. The van der Waals surface area contributed by atoms with Gasteiger partial charge in [0.25, 0.3) is 5.91 Å². The molecule has 0 radical (unpaired) electrons. The summed E-state index contributed by atoms with van der Waals surface area (Å²) >= 11 is 3.49. The van der Waals surface area contributed by atoms with E-state index in [2.05, 4.69) is 32.6 Å². The van der Waals surface area contributed by atoms with E-state index in [0.29, 0.717) is 24.3 Å². The highest BCUT2D eigenvalue weighted by molar-refractivity contribution is 9.10. The van der Waals surface area contributed by atoms with Crippen molar-refractivity contribution in [3.05, 3.63) is 94.0 Å². The quantitative estimate of drug-likeness (QED) is 0.502. The average Bonchev–Trinajstić information content (AvgIpc) is 3.01. The Kier molecular flexibility index (Phi) is 6.67. The van der Waals surface area contributed by atoms with E-state index in [4.69, 9.17) is 0 Å². The van der Waals surface area contributed by atoms with Crippen LogP contribution >= 0.6 is 15.9 Å². The van der Waals surface area contributed by atoms with Crippen LogP contribution in [0.2, 0.25) is 0 Å². The van der Waals surface area contributed by atoms with E-state index in [9.17, 15) is 9.59 Å². The Morgan fingerprint density at radius 1 is 0.903 bits per heavy atom. The molecule has 0 spiro atoms. The first-order valence-electron chi connectivity index (χ1n) is 10.4. The van der Waals surface area contributed by atoms with Crippen molar-refractivity contribution in [1.82, 2.24) is 5.32 Å². The Labute approximate surface area is 190 Å². The van der Waals surface area contributed by atoms with Crippen molar-refractivity contribution in [3.8, 4) is 0 Å². The maximum absolute atomic E-state index is 12.9. The zero-order valence-electron chi connectivity index (χ0n) is 17.1. The molecule has 0 fully saturated rings. The summed E-state index contributed by atoms with van der Waals surface area (Å²) in [5.74, 6) is -0.157. The van der Waals surface area contributed by atoms with E-state index in [0.717, 1.165) is 35.0 Å². The smallest absolute Gasteiger partial charge is 0.326 e. The number of anilines is 2. The Hall–Kier alpha value is -3.12. The number of nitrogens with zero attached hydrogens (tertiary/aromatic N) is 1. The third-order valence-corrected chi connectivity index (χ3v) is 6.17. The topological polar surface area (TPSA) is 61.4 Å². The molecule has 0 saturated heterocycles. The minimum Gasteiger partial charge on any atom is -0.348 e. The lowest BCUT2D eigenvalue weighted by Crippen LogP contribution is -2.35. The molecule has 3 aromatic rings. The maximum Gasteiger partial charge on any atom is 0.326 e. The summed E-state index contributed by atoms with van der Waals surface area (Å²) in [5, 5.41) is 5.88. The summed E-state index contributed by atoms with van der Waals surface area (Å²) in [5.41, 5.74) is 4.39. The van der Waals surface area contributed by atoms with Crippen LogP contribution in [0.1, 0.15) is 34.3 Å². The first-order chi connectivity index (χ1) is 15.1. The number of para-hydroxylation sites is 1. The average molecular weight is 478 g/mol. The zero-order valence-corrected chi connectivity index (χ0v) is 18.7. The van der Waals surface area contributed by atoms with Gasteiger partial charge in [-0.1, -0.05) is 52.3 Å². The molecular formula is C25H24BrN3O2. The van der Waals surface area contributed by atoms with Crippen LogP contribution in [0.5, 0.6) is 0 Å². The molecule has 5 nitrogen and oxygen atoms in total. The van der Waals surface area contributed by atoms with Crippen LogP contribution in [0.15, 0.2) is 77.3 Å². The molecule has 0 saturated carbocycles. The maximum atomic E-state index is 12.9. The monoisotopic (exact) mass is 477 g/mol. The predicted molar refractivity (Wildman–Crippen MR) is 127 cm³/mol. The number of urea groups is 1. The van der Waals surface area contributed by atoms with Gasteiger partial charge in [-0.15, -0.1) is 0 Å². The Morgan fingerprint density at radius 2 is 1.65 bits per heavy atom. The third kappa shape index (κ3) is 5.14. The van der Waals surface area contributed by atoms with Gasteiger partial charge in [0.1, 0.15) is 0 Å². The minimum atomic E-state index is -0.157. The number of fused-ring (bicyclic) bond motifs is 1. The molecule has 0 bridgehead atoms. The number of carbonyl (C=O) groups is 2. The van der Waals surface area contributed by atoms with Gasteiger partial charge in [0.05, 0.1) is 0 Å². The van der Waals surface area contributed by atoms with Crippen LogP contribution in [0.3, 0.4) is 0 Å². The number of amides is 3. The standard InChI is InChI=1S/C25H24BrN3O2/c26-22-10-3-1-9-20(22)17-27-24(30)19-12-14-21(15-13-19)28-25(31)29-16-6-5-8-18-7-2-4-11-23(18)29/h1-4,7,9-15H,5-6,8,16-17H2,(H,27,30)(H,28,31). The highest BCUT2D eigenvalue weighted by atomic mass is 79.9. The molecule has 2 N–H and O–H groups in total. The van der Waals surface area contributed by atoms with Crippen LogP contribution in [0.25, 0.3) is 0 Å². The van der Waals surface area contributed by atoms with Gasteiger partial charge in [-0.2, -0.15) is 0 Å². The molecule has 4 rings (SSSR count). The Morgan fingerprint density at radius 3 is 2.45 bits per heavy atom. The van der Waals surface area contributed by atoms with E-state index in [1.54, 1.807) is 29.2 Å². The lowest BCUT2D eigenvalue weighted by Gasteiger charge is -2.23. The lowest BCUT2D eigenvalue weighted by molar-refractivity contribution is 0.0951. The molecule has 0 atom stereocenters. The van der Waals surface area contributed by atoms with Gasteiger partial charge in [-0.3, -0.25) is 9.69 Å². The summed E-state index contributed by atoms with van der Waals surface area (Å²) in [7, 11) is 0. The lowest BCUT2D eigenvalue weighted by atomic mass is 10.1. The van der Waals surface area contributed by atoms with E-state index in [-0.39, 0.29) is 11.9 Å². The fraction of sp³-hybridized carbons (Fsp3) is 0.200. The summed E-state index contributed by atoms with van der Waals surface area (Å²) in [6.45, 7) is 1.13. The van der Waals surface area contributed by atoms with Gasteiger partial charge >= 0.3 is 6.03 Å². The number of nitrogens with one attached hydrogen (secondary N) is 2. The normalized spacial score (nSPS) is 13.1. The molecule has 0 aliphatic carbocycles. The Balaban J connectivity index is 1.39. The van der Waals surface area contributed by atoms with E-state index in [1.165, 1.54) is 5.56 Å². The highest BCUT2D eigenvalue weighted by Gasteiger charge is 2.21. The number of benzene rings is 3. The highest BCUT2D eigenvalue weighted by Crippen LogP contribution is 2.26. The van der Waals surface area contributed by atoms with Crippen LogP contribution in [0.4, 0.5) is 16.2 Å². The van der Waals surface area contributed by atoms with Crippen LogP contribution < -0.4 is 15.5 Å². The van der Waals surface area contributed by atoms with Crippen molar-refractivity contribution in [1.29, 1.82) is 0 Å². The summed E-state index contributed by atoms with van der Waals surface area (Å²) < 4.78 is 0.962.